The molecule has 0 amide bonds. The lowest BCUT2D eigenvalue weighted by molar-refractivity contribution is 0.560. The van der Waals surface area contributed by atoms with Gasteiger partial charge in [0.25, 0.3) is 0 Å². The number of hydrogen-bond donors (Lipinski definition) is 1. The van der Waals surface area contributed by atoms with Gasteiger partial charge in [-0.05, 0) is 17.7 Å². The first kappa shape index (κ1) is 9.86. The van der Waals surface area contributed by atoms with E-state index in [1.165, 1.54) is 12.3 Å². The van der Waals surface area contributed by atoms with E-state index in [2.05, 4.69) is 10.3 Å². The van der Waals surface area contributed by atoms with Gasteiger partial charge in [-0.25, -0.2) is 4.39 Å². The van der Waals surface area contributed by atoms with Crippen molar-refractivity contribution >= 4 is 0 Å². The molecule has 0 spiro atoms. The predicted octanol–water partition coefficient (Wildman–Crippen LogP) is 2.10. The fourth-order valence-electron chi connectivity index (χ4n) is 1.30. The molecule has 0 aliphatic rings. The molecule has 0 fully saturated rings. The Morgan fingerprint density at radius 2 is 2.13 bits per heavy atom. The van der Waals surface area contributed by atoms with Gasteiger partial charge in [-0.2, -0.15) is 0 Å². The minimum absolute atomic E-state index is 0.308. The fourth-order valence-corrected chi connectivity index (χ4v) is 1.30. The summed E-state index contributed by atoms with van der Waals surface area (Å²) in [5, 5.41) is 3.16. The highest BCUT2D eigenvalue weighted by Gasteiger charge is 1.97. The Morgan fingerprint density at radius 1 is 1.27 bits per heavy atom. The van der Waals surface area contributed by atoms with E-state index in [0.29, 0.717) is 13.1 Å². The zero-order chi connectivity index (χ0) is 10.5. The summed E-state index contributed by atoms with van der Waals surface area (Å²) in [4.78, 5) is 3.77. The molecular formula is C11H11FN2O. The summed E-state index contributed by atoms with van der Waals surface area (Å²) in [6.45, 7) is 1.29. The van der Waals surface area contributed by atoms with Crippen molar-refractivity contribution in [2.45, 2.75) is 13.1 Å². The molecular weight excluding hydrogens is 195 g/mol. The Hall–Kier alpha value is -1.68. The molecule has 3 nitrogen and oxygen atoms in total. The molecule has 78 valence electrons. The second-order valence-electron chi connectivity index (χ2n) is 3.25. The first-order valence-electron chi connectivity index (χ1n) is 4.66. The number of nitrogens with one attached hydrogen (secondary N) is 1. The number of aromatic nitrogens is 1. The summed E-state index contributed by atoms with van der Waals surface area (Å²) < 4.78 is 17.7. The maximum atomic E-state index is 12.8. The molecule has 0 saturated heterocycles. The number of furan rings is 1. The average Bonchev–Trinajstić information content (AvgIpc) is 2.71. The molecule has 4 heteroatoms. The van der Waals surface area contributed by atoms with Gasteiger partial charge in [0.2, 0.25) is 0 Å². The van der Waals surface area contributed by atoms with Crippen molar-refractivity contribution in [3.05, 3.63) is 54.0 Å². The molecule has 1 N–H and O–H groups in total. The van der Waals surface area contributed by atoms with Gasteiger partial charge in [0.05, 0.1) is 18.7 Å². The molecule has 0 aliphatic heterocycles. The van der Waals surface area contributed by atoms with Gasteiger partial charge in [0, 0.05) is 24.8 Å². The van der Waals surface area contributed by atoms with Gasteiger partial charge in [0.15, 0.2) is 0 Å². The molecule has 15 heavy (non-hydrogen) atoms. The third-order valence-corrected chi connectivity index (χ3v) is 2.00. The molecule has 0 saturated carbocycles. The van der Waals surface area contributed by atoms with Crippen LogP contribution in [0.2, 0.25) is 0 Å². The molecule has 0 atom stereocenters. The lowest BCUT2D eigenvalue weighted by atomic mass is 10.2. The van der Waals surface area contributed by atoms with Crippen LogP contribution in [0, 0.1) is 5.82 Å². The maximum Gasteiger partial charge on any atom is 0.141 e. The zero-order valence-electron chi connectivity index (χ0n) is 8.11. The quantitative estimate of drug-likeness (QED) is 0.832. The summed E-state index contributed by atoms with van der Waals surface area (Å²) in [6, 6.07) is 3.35. The SMILES string of the molecule is Fc1cncc(CNCc2ccoc2)c1. The van der Waals surface area contributed by atoms with Gasteiger partial charge < -0.3 is 9.73 Å². The fraction of sp³-hybridized carbons (Fsp3) is 0.182. The summed E-state index contributed by atoms with van der Waals surface area (Å²) in [5.74, 6) is -0.308. The number of rotatable bonds is 4. The Balaban J connectivity index is 1.83. The highest BCUT2D eigenvalue weighted by molar-refractivity contribution is 5.10. The Bertz CT molecular complexity index is 414. The minimum Gasteiger partial charge on any atom is -0.472 e. The number of pyridine rings is 1. The van der Waals surface area contributed by atoms with Gasteiger partial charge in [0.1, 0.15) is 5.82 Å². The topological polar surface area (TPSA) is 38.1 Å². The largest absolute Gasteiger partial charge is 0.472 e. The molecule has 0 aromatic carbocycles. The second kappa shape index (κ2) is 4.70. The van der Waals surface area contributed by atoms with E-state index in [-0.39, 0.29) is 5.82 Å². The van der Waals surface area contributed by atoms with E-state index >= 15 is 0 Å². The summed E-state index contributed by atoms with van der Waals surface area (Å²) in [5.41, 5.74) is 1.90. The van der Waals surface area contributed by atoms with Crippen molar-refractivity contribution in [1.82, 2.24) is 10.3 Å². The molecule has 2 heterocycles. The van der Waals surface area contributed by atoms with Crippen LogP contribution in [0.5, 0.6) is 0 Å². The molecule has 0 radical (unpaired) electrons. The molecule has 0 unspecified atom stereocenters. The van der Waals surface area contributed by atoms with E-state index in [0.717, 1.165) is 11.1 Å². The van der Waals surface area contributed by atoms with Crippen LogP contribution in [0.3, 0.4) is 0 Å². The zero-order valence-corrected chi connectivity index (χ0v) is 8.11. The van der Waals surface area contributed by atoms with Crippen molar-refractivity contribution < 1.29 is 8.81 Å². The molecule has 2 aromatic heterocycles. The highest BCUT2D eigenvalue weighted by Crippen LogP contribution is 2.02. The predicted molar refractivity (Wildman–Crippen MR) is 53.4 cm³/mol. The van der Waals surface area contributed by atoms with Crippen molar-refractivity contribution in [3.63, 3.8) is 0 Å². The molecule has 0 bridgehead atoms. The number of nitrogens with zero attached hydrogens (tertiary/aromatic N) is 1. The Labute approximate surface area is 86.9 Å². The lowest BCUT2D eigenvalue weighted by Gasteiger charge is -2.02. The smallest absolute Gasteiger partial charge is 0.141 e. The summed E-state index contributed by atoms with van der Waals surface area (Å²) >= 11 is 0. The van der Waals surface area contributed by atoms with Crippen LogP contribution in [0.4, 0.5) is 4.39 Å². The van der Waals surface area contributed by atoms with Crippen LogP contribution in [-0.4, -0.2) is 4.98 Å². The third kappa shape index (κ3) is 2.89. The maximum absolute atomic E-state index is 12.8. The Kier molecular flexibility index (Phi) is 3.09. The standard InChI is InChI=1S/C11H11FN2O/c12-11-3-10(6-14-7-11)5-13-4-9-1-2-15-8-9/h1-3,6-8,13H,4-5H2. The van der Waals surface area contributed by atoms with Gasteiger partial charge >= 0.3 is 0 Å². The summed E-state index contributed by atoms with van der Waals surface area (Å²) in [7, 11) is 0. The van der Waals surface area contributed by atoms with Crippen molar-refractivity contribution in [2.24, 2.45) is 0 Å². The van der Waals surface area contributed by atoms with Crippen molar-refractivity contribution in [1.29, 1.82) is 0 Å². The molecule has 2 rings (SSSR count). The molecule has 2 aromatic rings. The average molecular weight is 206 g/mol. The van der Waals surface area contributed by atoms with Gasteiger partial charge in [-0.1, -0.05) is 0 Å². The number of hydrogen-bond acceptors (Lipinski definition) is 3. The van der Waals surface area contributed by atoms with E-state index < -0.39 is 0 Å². The van der Waals surface area contributed by atoms with Gasteiger partial charge in [-0.3, -0.25) is 4.98 Å². The lowest BCUT2D eigenvalue weighted by Crippen LogP contribution is -2.12. The van der Waals surface area contributed by atoms with Crippen LogP contribution in [-0.2, 0) is 13.1 Å². The summed E-state index contributed by atoms with van der Waals surface area (Å²) in [6.07, 6.45) is 6.14. The van der Waals surface area contributed by atoms with E-state index in [1.54, 1.807) is 18.7 Å². The third-order valence-electron chi connectivity index (χ3n) is 2.00. The monoisotopic (exact) mass is 206 g/mol. The Morgan fingerprint density at radius 3 is 2.87 bits per heavy atom. The van der Waals surface area contributed by atoms with E-state index in [9.17, 15) is 4.39 Å². The van der Waals surface area contributed by atoms with Crippen LogP contribution in [0.1, 0.15) is 11.1 Å². The van der Waals surface area contributed by atoms with Crippen LogP contribution >= 0.6 is 0 Å². The number of halogens is 1. The first-order valence-corrected chi connectivity index (χ1v) is 4.66. The van der Waals surface area contributed by atoms with Crippen molar-refractivity contribution in [3.8, 4) is 0 Å². The van der Waals surface area contributed by atoms with Crippen LogP contribution < -0.4 is 5.32 Å². The normalized spacial score (nSPS) is 10.5. The van der Waals surface area contributed by atoms with E-state index in [4.69, 9.17) is 4.42 Å². The van der Waals surface area contributed by atoms with Gasteiger partial charge in [-0.15, -0.1) is 0 Å². The van der Waals surface area contributed by atoms with Crippen LogP contribution in [0.25, 0.3) is 0 Å². The van der Waals surface area contributed by atoms with E-state index in [1.807, 2.05) is 6.07 Å². The second-order valence-corrected chi connectivity index (χ2v) is 3.25. The first-order chi connectivity index (χ1) is 7.34. The molecule has 0 aliphatic carbocycles. The van der Waals surface area contributed by atoms with Crippen LogP contribution in [0.15, 0.2) is 41.5 Å². The van der Waals surface area contributed by atoms with Crippen molar-refractivity contribution in [2.75, 3.05) is 0 Å². The minimum atomic E-state index is -0.308. The highest BCUT2D eigenvalue weighted by atomic mass is 19.1.